The van der Waals surface area contributed by atoms with Crippen LogP contribution in [-0.4, -0.2) is 17.0 Å². The summed E-state index contributed by atoms with van der Waals surface area (Å²) in [7, 11) is 0. The molecule has 1 atom stereocenters. The average Bonchev–Trinajstić information content (AvgIpc) is 3.13. The number of rotatable bonds is 11. The normalized spacial score (nSPS) is 17.3. The van der Waals surface area contributed by atoms with Crippen LogP contribution in [-0.2, 0) is 23.2 Å². The van der Waals surface area contributed by atoms with E-state index in [4.69, 9.17) is 9.47 Å². The molecular formula is C29H31NO4S. The number of hydrogen-bond acceptors (Lipinski definition) is 5. The molecular weight excluding hydrogens is 458 g/mol. The van der Waals surface area contributed by atoms with E-state index in [2.05, 4.69) is 18.3 Å². The summed E-state index contributed by atoms with van der Waals surface area (Å²) in [5.41, 5.74) is 2.25. The van der Waals surface area contributed by atoms with Gasteiger partial charge < -0.3 is 14.8 Å². The molecule has 0 aliphatic carbocycles. The van der Waals surface area contributed by atoms with Gasteiger partial charge in [-0.2, -0.15) is 0 Å². The van der Waals surface area contributed by atoms with Crippen molar-refractivity contribution in [1.29, 1.82) is 0 Å². The zero-order chi connectivity index (χ0) is 24.7. The van der Waals surface area contributed by atoms with Gasteiger partial charge in [0.15, 0.2) is 0 Å². The molecule has 1 fully saturated rings. The zero-order valence-corrected chi connectivity index (χ0v) is 21.0. The number of carbonyl (C=O) groups excluding carboxylic acids is 2. The number of aryl methyl sites for hydroxylation is 2. The van der Waals surface area contributed by atoms with Crippen LogP contribution < -0.4 is 14.8 Å². The number of ether oxygens (including phenoxy) is 2. The number of benzene rings is 3. The molecule has 1 aliphatic rings. The van der Waals surface area contributed by atoms with Crippen LogP contribution in [0, 0.1) is 0 Å². The molecule has 0 saturated carbocycles. The van der Waals surface area contributed by atoms with E-state index < -0.39 is 5.54 Å². The van der Waals surface area contributed by atoms with Crippen molar-refractivity contribution in [2.75, 3.05) is 6.61 Å². The van der Waals surface area contributed by atoms with Gasteiger partial charge in [-0.25, -0.2) is 0 Å². The van der Waals surface area contributed by atoms with Crippen LogP contribution in [0.1, 0.15) is 49.8 Å². The molecule has 4 rings (SSSR count). The first-order chi connectivity index (χ1) is 17.0. The lowest BCUT2D eigenvalue weighted by Crippen LogP contribution is -2.39. The summed E-state index contributed by atoms with van der Waals surface area (Å²) >= 11 is 0.739. The first-order valence-corrected chi connectivity index (χ1v) is 12.9. The molecule has 1 heterocycles. The Bertz CT molecular complexity index is 1160. The molecule has 0 radical (unpaired) electrons. The van der Waals surface area contributed by atoms with Crippen molar-refractivity contribution in [2.24, 2.45) is 0 Å². The number of nitrogens with one attached hydrogen (secondary N) is 1. The van der Waals surface area contributed by atoms with E-state index >= 15 is 0 Å². The molecule has 1 unspecified atom stereocenters. The van der Waals surface area contributed by atoms with Crippen molar-refractivity contribution in [2.45, 2.75) is 51.5 Å². The van der Waals surface area contributed by atoms with Crippen LogP contribution in [0.4, 0.5) is 4.79 Å². The van der Waals surface area contributed by atoms with E-state index in [1.807, 2.05) is 66.7 Å². The predicted octanol–water partition coefficient (Wildman–Crippen LogP) is 7.03. The second-order valence-corrected chi connectivity index (χ2v) is 9.81. The maximum Gasteiger partial charge on any atom is 0.287 e. The highest BCUT2D eigenvalue weighted by molar-refractivity contribution is 8.26. The molecule has 0 bridgehead atoms. The molecule has 3 aromatic rings. The number of hydrogen-bond donors (Lipinski definition) is 1. The molecule has 5 nitrogen and oxygen atoms in total. The van der Waals surface area contributed by atoms with E-state index in [0.717, 1.165) is 72.2 Å². The van der Waals surface area contributed by atoms with Crippen molar-refractivity contribution in [3.05, 3.63) is 89.5 Å². The van der Waals surface area contributed by atoms with Gasteiger partial charge in [-0.15, -0.1) is 0 Å². The third-order valence-electron chi connectivity index (χ3n) is 6.12. The van der Waals surface area contributed by atoms with Crippen molar-refractivity contribution < 1.29 is 19.1 Å². The number of thioether (sulfide) groups is 1. The lowest BCUT2D eigenvalue weighted by Gasteiger charge is -2.21. The Hall–Kier alpha value is -3.25. The predicted molar refractivity (Wildman–Crippen MR) is 140 cm³/mol. The summed E-state index contributed by atoms with van der Waals surface area (Å²) in [6, 6.07) is 23.8. The second-order valence-electron chi connectivity index (χ2n) is 8.86. The highest BCUT2D eigenvalue weighted by Crippen LogP contribution is 2.34. The molecule has 0 aromatic heterocycles. The Labute approximate surface area is 211 Å². The van der Waals surface area contributed by atoms with Crippen molar-refractivity contribution in [3.63, 3.8) is 0 Å². The zero-order valence-electron chi connectivity index (χ0n) is 20.2. The van der Waals surface area contributed by atoms with Crippen molar-refractivity contribution >= 4 is 22.1 Å². The molecule has 1 aliphatic heterocycles. The van der Waals surface area contributed by atoms with Gasteiger partial charge in [0.25, 0.3) is 5.24 Å². The van der Waals surface area contributed by atoms with E-state index in [-0.39, 0.29) is 10.4 Å². The smallest absolute Gasteiger partial charge is 0.287 e. The number of unbranched alkanes of at least 4 members (excludes halogenated alkanes) is 1. The number of carbonyl (C=O) groups is 2. The quantitative estimate of drug-likeness (QED) is 0.293. The lowest BCUT2D eigenvalue weighted by molar-refractivity contribution is -0.115. The monoisotopic (exact) mass is 489 g/mol. The fourth-order valence-electron chi connectivity index (χ4n) is 4.12. The minimum absolute atomic E-state index is 0.158. The summed E-state index contributed by atoms with van der Waals surface area (Å²) in [4.78, 5) is 23.8. The summed E-state index contributed by atoms with van der Waals surface area (Å²) < 4.78 is 12.1. The lowest BCUT2D eigenvalue weighted by atomic mass is 9.92. The summed E-state index contributed by atoms with van der Waals surface area (Å²) in [6.07, 6.45) is 4.85. The van der Waals surface area contributed by atoms with Gasteiger partial charge in [-0.3, -0.25) is 9.59 Å². The van der Waals surface area contributed by atoms with E-state index in [1.54, 1.807) is 6.92 Å². The molecule has 1 saturated heterocycles. The molecule has 6 heteroatoms. The average molecular weight is 490 g/mol. The van der Waals surface area contributed by atoms with Gasteiger partial charge >= 0.3 is 0 Å². The molecule has 35 heavy (non-hydrogen) atoms. The van der Waals surface area contributed by atoms with Crippen LogP contribution >= 0.6 is 11.8 Å². The van der Waals surface area contributed by atoms with E-state index in [0.29, 0.717) is 6.61 Å². The van der Waals surface area contributed by atoms with Crippen LogP contribution in [0.3, 0.4) is 0 Å². The fraction of sp³-hybridized carbons (Fsp3) is 0.310. The standard InChI is InChI=1S/C29H31NO4S/c1-3-9-22-20-25(34-24-11-5-4-6-12-24)17-18-26(22)33-19-8-7-10-21-13-15-23(16-14-21)29(2)27(31)35-28(32)30-29/h4-6,11-18,20H,3,7-10,19H2,1-2H3,(H,30,32). The van der Waals surface area contributed by atoms with E-state index in [1.165, 1.54) is 5.56 Å². The Morgan fingerprint density at radius 1 is 0.886 bits per heavy atom. The third-order valence-corrected chi connectivity index (χ3v) is 7.01. The van der Waals surface area contributed by atoms with E-state index in [9.17, 15) is 9.59 Å². The van der Waals surface area contributed by atoms with Crippen LogP contribution in [0.5, 0.6) is 17.2 Å². The van der Waals surface area contributed by atoms with Gasteiger partial charge in [0.1, 0.15) is 22.8 Å². The maximum absolute atomic E-state index is 12.2. The first-order valence-electron chi connectivity index (χ1n) is 12.1. The third kappa shape index (κ3) is 6.25. The van der Waals surface area contributed by atoms with Gasteiger partial charge in [-0.1, -0.05) is 55.8 Å². The van der Waals surface area contributed by atoms with Crippen LogP contribution in [0.25, 0.3) is 0 Å². The highest BCUT2D eigenvalue weighted by Gasteiger charge is 2.44. The van der Waals surface area contributed by atoms with Crippen molar-refractivity contribution in [3.8, 4) is 17.2 Å². The SMILES string of the molecule is CCCc1cc(Oc2ccccc2)ccc1OCCCCc1ccc(C2(C)NC(=O)SC2=O)cc1. The van der Waals surface area contributed by atoms with Crippen molar-refractivity contribution in [1.82, 2.24) is 5.32 Å². The second kappa shape index (κ2) is 11.5. The van der Waals surface area contributed by atoms with Gasteiger partial charge in [0.2, 0.25) is 5.12 Å². The molecule has 0 spiro atoms. The highest BCUT2D eigenvalue weighted by atomic mass is 32.2. The molecule has 1 N–H and O–H groups in total. The molecule has 1 amide bonds. The number of para-hydroxylation sites is 1. The first kappa shape index (κ1) is 24.9. The van der Waals surface area contributed by atoms with Crippen LogP contribution in [0.2, 0.25) is 0 Å². The maximum atomic E-state index is 12.2. The molecule has 182 valence electrons. The Balaban J connectivity index is 1.26. The largest absolute Gasteiger partial charge is 0.493 e. The summed E-state index contributed by atoms with van der Waals surface area (Å²) in [5.74, 6) is 2.57. The van der Waals surface area contributed by atoms with Gasteiger partial charge in [0.05, 0.1) is 6.61 Å². The minimum Gasteiger partial charge on any atom is -0.493 e. The van der Waals surface area contributed by atoms with Gasteiger partial charge in [0, 0.05) is 11.8 Å². The fourth-order valence-corrected chi connectivity index (χ4v) is 4.92. The summed E-state index contributed by atoms with van der Waals surface area (Å²) in [6.45, 7) is 4.58. The Kier molecular flexibility index (Phi) is 8.13. The Morgan fingerprint density at radius 2 is 1.66 bits per heavy atom. The Morgan fingerprint density at radius 3 is 2.34 bits per heavy atom. The topological polar surface area (TPSA) is 64.6 Å². The minimum atomic E-state index is -0.938. The van der Waals surface area contributed by atoms with Gasteiger partial charge in [-0.05, 0) is 79.6 Å². The molecule has 3 aromatic carbocycles. The summed E-state index contributed by atoms with van der Waals surface area (Å²) in [5, 5.41) is 2.32. The van der Waals surface area contributed by atoms with Crippen LogP contribution in [0.15, 0.2) is 72.8 Å². The number of amides is 1.